The van der Waals surface area contributed by atoms with Crippen molar-refractivity contribution in [3.63, 3.8) is 0 Å². The molecule has 6 nitrogen and oxygen atoms in total. The van der Waals surface area contributed by atoms with E-state index < -0.39 is 17.5 Å². The number of aromatic nitrogens is 4. The van der Waals surface area contributed by atoms with Crippen LogP contribution in [0.2, 0.25) is 0 Å². The molecule has 2 aromatic heterocycles. The molecule has 0 unspecified atom stereocenters. The zero-order chi connectivity index (χ0) is 15.2. The number of anilines is 1. The van der Waals surface area contributed by atoms with Crippen molar-refractivity contribution in [2.45, 2.75) is 6.18 Å². The Morgan fingerprint density at radius 3 is 2.62 bits per heavy atom. The number of alkyl halides is 3. The van der Waals surface area contributed by atoms with Gasteiger partial charge in [0.2, 0.25) is 0 Å². The topological polar surface area (TPSA) is 89.3 Å². The lowest BCUT2D eigenvalue weighted by Gasteiger charge is -2.10. The molecule has 0 aliphatic rings. The largest absolute Gasteiger partial charge is 0.507 e. The van der Waals surface area contributed by atoms with E-state index in [4.69, 9.17) is 5.73 Å². The van der Waals surface area contributed by atoms with Gasteiger partial charge in [0.15, 0.2) is 17.3 Å². The normalized spacial score (nSPS) is 12.0. The molecule has 1 aromatic carbocycles. The fourth-order valence-corrected chi connectivity index (χ4v) is 1.94. The van der Waals surface area contributed by atoms with Gasteiger partial charge in [0.1, 0.15) is 5.75 Å². The van der Waals surface area contributed by atoms with Crippen LogP contribution in [0.15, 0.2) is 30.6 Å². The van der Waals surface area contributed by atoms with Crippen molar-refractivity contribution < 1.29 is 18.3 Å². The highest BCUT2D eigenvalue weighted by Crippen LogP contribution is 2.36. The molecule has 0 aliphatic heterocycles. The average molecular weight is 295 g/mol. The van der Waals surface area contributed by atoms with Gasteiger partial charge in [-0.2, -0.15) is 13.2 Å². The number of phenolic OH excluding ortho intramolecular Hbond substituents is 1. The van der Waals surface area contributed by atoms with Crippen LogP contribution in [-0.4, -0.2) is 24.7 Å². The van der Waals surface area contributed by atoms with Gasteiger partial charge in [0.05, 0.1) is 11.1 Å². The standard InChI is InChI=1S/C12H8F3N5O/c13-12(14,15)6-1-2-7(8(21)5-6)10-19-18-9(16)11-17-3-4-20(10)11/h1-5,21H,(H2,16,18). The Morgan fingerprint density at radius 2 is 1.95 bits per heavy atom. The highest BCUT2D eigenvalue weighted by Gasteiger charge is 2.31. The van der Waals surface area contributed by atoms with Crippen molar-refractivity contribution >= 4 is 11.5 Å². The summed E-state index contributed by atoms with van der Waals surface area (Å²) in [6.07, 6.45) is -1.57. The van der Waals surface area contributed by atoms with E-state index in [1.165, 1.54) is 16.8 Å². The molecule has 9 heteroatoms. The second-order valence-electron chi connectivity index (χ2n) is 4.26. The Bertz CT molecular complexity index is 827. The van der Waals surface area contributed by atoms with E-state index in [2.05, 4.69) is 15.2 Å². The highest BCUT2D eigenvalue weighted by molar-refractivity contribution is 5.70. The maximum atomic E-state index is 12.6. The summed E-state index contributed by atoms with van der Waals surface area (Å²) in [6, 6.07) is 2.61. The number of phenols is 1. The number of nitrogen functional groups attached to an aromatic ring is 1. The van der Waals surface area contributed by atoms with Crippen molar-refractivity contribution in [3.8, 4) is 17.1 Å². The third kappa shape index (κ3) is 2.12. The average Bonchev–Trinajstić information content (AvgIpc) is 2.89. The Balaban J connectivity index is 2.20. The number of hydrogen-bond donors (Lipinski definition) is 2. The van der Waals surface area contributed by atoms with Gasteiger partial charge < -0.3 is 10.8 Å². The Hall–Kier alpha value is -2.84. The molecular weight excluding hydrogens is 287 g/mol. The van der Waals surface area contributed by atoms with E-state index in [0.29, 0.717) is 11.7 Å². The van der Waals surface area contributed by atoms with Gasteiger partial charge in [-0.25, -0.2) is 4.98 Å². The van der Waals surface area contributed by atoms with Gasteiger partial charge in [0, 0.05) is 12.4 Å². The van der Waals surface area contributed by atoms with Crippen molar-refractivity contribution in [2.75, 3.05) is 5.73 Å². The SMILES string of the molecule is Nc1nnc(-c2ccc(C(F)(F)F)cc2O)n2ccnc12. The predicted molar refractivity (Wildman–Crippen MR) is 67.3 cm³/mol. The second-order valence-corrected chi connectivity index (χ2v) is 4.26. The third-order valence-electron chi connectivity index (χ3n) is 2.92. The zero-order valence-electron chi connectivity index (χ0n) is 10.3. The minimum absolute atomic E-state index is 0.0788. The van der Waals surface area contributed by atoms with Crippen molar-refractivity contribution in [3.05, 3.63) is 36.2 Å². The summed E-state index contributed by atoms with van der Waals surface area (Å²) in [6.45, 7) is 0. The van der Waals surface area contributed by atoms with Crippen LogP contribution >= 0.6 is 0 Å². The fraction of sp³-hybridized carbons (Fsp3) is 0.0833. The Kier molecular flexibility index (Phi) is 2.71. The van der Waals surface area contributed by atoms with Crippen LogP contribution < -0.4 is 5.73 Å². The Labute approximate surface area is 115 Å². The molecule has 3 aromatic rings. The molecule has 0 amide bonds. The predicted octanol–water partition coefficient (Wildman–Crippen LogP) is 2.10. The van der Waals surface area contributed by atoms with Gasteiger partial charge in [-0.05, 0) is 18.2 Å². The van der Waals surface area contributed by atoms with Crippen LogP contribution in [-0.2, 0) is 6.18 Å². The molecule has 0 saturated carbocycles. The first-order valence-corrected chi connectivity index (χ1v) is 5.74. The summed E-state index contributed by atoms with van der Waals surface area (Å²) in [7, 11) is 0. The molecule has 0 bridgehead atoms. The summed E-state index contributed by atoms with van der Waals surface area (Å²) >= 11 is 0. The smallest absolute Gasteiger partial charge is 0.416 e. The molecule has 0 spiro atoms. The number of imidazole rings is 1. The highest BCUT2D eigenvalue weighted by atomic mass is 19.4. The fourth-order valence-electron chi connectivity index (χ4n) is 1.94. The summed E-state index contributed by atoms with van der Waals surface area (Å²) < 4.78 is 39.2. The number of hydrogen-bond acceptors (Lipinski definition) is 5. The summed E-state index contributed by atoms with van der Waals surface area (Å²) in [4.78, 5) is 3.96. The molecule has 0 saturated heterocycles. The van der Waals surface area contributed by atoms with Gasteiger partial charge >= 0.3 is 6.18 Å². The van der Waals surface area contributed by atoms with Crippen LogP contribution in [0.5, 0.6) is 5.75 Å². The number of fused-ring (bicyclic) bond motifs is 1. The molecular formula is C12H8F3N5O. The number of nitrogens with zero attached hydrogens (tertiary/aromatic N) is 4. The number of nitrogens with two attached hydrogens (primary N) is 1. The van der Waals surface area contributed by atoms with E-state index in [0.717, 1.165) is 12.1 Å². The van der Waals surface area contributed by atoms with E-state index in [-0.39, 0.29) is 17.2 Å². The molecule has 0 atom stereocenters. The minimum atomic E-state index is -4.53. The van der Waals surface area contributed by atoms with Crippen molar-refractivity contribution in [1.82, 2.24) is 19.6 Å². The number of halogens is 3. The first-order valence-electron chi connectivity index (χ1n) is 5.74. The molecule has 3 rings (SSSR count). The maximum absolute atomic E-state index is 12.6. The first kappa shape index (κ1) is 13.2. The van der Waals surface area contributed by atoms with Crippen LogP contribution in [0.25, 0.3) is 17.0 Å². The minimum Gasteiger partial charge on any atom is -0.507 e. The number of benzene rings is 1. The molecule has 2 heterocycles. The van der Waals surface area contributed by atoms with Crippen LogP contribution in [0.4, 0.5) is 19.0 Å². The summed E-state index contributed by atoms with van der Waals surface area (Å²) in [5.41, 5.74) is 5.05. The van der Waals surface area contributed by atoms with Crippen LogP contribution in [0.3, 0.4) is 0 Å². The maximum Gasteiger partial charge on any atom is 0.416 e. The van der Waals surface area contributed by atoms with Crippen LogP contribution in [0, 0.1) is 0 Å². The monoisotopic (exact) mass is 295 g/mol. The molecule has 21 heavy (non-hydrogen) atoms. The summed E-state index contributed by atoms with van der Waals surface area (Å²) in [5, 5.41) is 17.3. The van der Waals surface area contributed by atoms with Gasteiger partial charge in [-0.3, -0.25) is 4.40 Å². The zero-order valence-corrected chi connectivity index (χ0v) is 10.3. The van der Waals surface area contributed by atoms with Gasteiger partial charge in [-0.1, -0.05) is 0 Å². The van der Waals surface area contributed by atoms with Gasteiger partial charge in [-0.15, -0.1) is 10.2 Å². The lowest BCUT2D eigenvalue weighted by Crippen LogP contribution is -2.06. The van der Waals surface area contributed by atoms with Gasteiger partial charge in [0.25, 0.3) is 0 Å². The summed E-state index contributed by atoms with van der Waals surface area (Å²) in [5.74, 6) is -0.336. The van der Waals surface area contributed by atoms with E-state index in [1.54, 1.807) is 0 Å². The molecule has 0 fully saturated rings. The number of aromatic hydroxyl groups is 1. The lowest BCUT2D eigenvalue weighted by atomic mass is 10.1. The van der Waals surface area contributed by atoms with Crippen molar-refractivity contribution in [1.29, 1.82) is 0 Å². The molecule has 0 aliphatic carbocycles. The third-order valence-corrected chi connectivity index (χ3v) is 2.92. The quantitative estimate of drug-likeness (QED) is 0.717. The first-order chi connectivity index (χ1) is 9.88. The van der Waals surface area contributed by atoms with E-state index in [1.807, 2.05) is 0 Å². The lowest BCUT2D eigenvalue weighted by molar-refractivity contribution is -0.137. The molecule has 108 valence electrons. The van der Waals surface area contributed by atoms with Crippen molar-refractivity contribution in [2.24, 2.45) is 0 Å². The van der Waals surface area contributed by atoms with Crippen LogP contribution in [0.1, 0.15) is 5.56 Å². The molecule has 3 N–H and O–H groups in total. The van der Waals surface area contributed by atoms with E-state index >= 15 is 0 Å². The number of rotatable bonds is 1. The second kappa shape index (κ2) is 4.33. The van der Waals surface area contributed by atoms with E-state index in [9.17, 15) is 18.3 Å². The Morgan fingerprint density at radius 1 is 1.19 bits per heavy atom. The molecule has 0 radical (unpaired) electrons.